The van der Waals surface area contributed by atoms with Crippen LogP contribution in [0.25, 0.3) is 0 Å². The molecule has 1 heterocycles. The molecule has 11 heteroatoms. The normalized spacial score (nSPS) is 20.1. The van der Waals surface area contributed by atoms with Crippen molar-refractivity contribution in [2.45, 2.75) is 51.1 Å². The first-order valence-electron chi connectivity index (χ1n) is 11.8. The number of halogens is 7. The maximum atomic E-state index is 13.8. The summed E-state index contributed by atoms with van der Waals surface area (Å²) < 4.78 is 93.3. The first-order valence-corrected chi connectivity index (χ1v) is 11.8. The standard InChI is InChI=1S/C26H29F7N2O2/c1-15-8-20(27)4-5-21(15)23-13-35(16(2)14-36)7-6-22(23)24(37)34(3)12-17-9-18(25(28,29)30)11-19(10-17)26(31,32)33/h4-5,8-11,16,22-23,36H,6-7,12-14H2,1-3H3/t16?,22-,23+/m1/s1. The van der Waals surface area contributed by atoms with E-state index in [1.807, 2.05) is 11.8 Å². The summed E-state index contributed by atoms with van der Waals surface area (Å²) in [5, 5.41) is 9.59. The number of nitrogens with zero attached hydrogens (tertiary/aromatic N) is 2. The number of aryl methyl sites for hydroxylation is 1. The molecule has 204 valence electrons. The van der Waals surface area contributed by atoms with Gasteiger partial charge in [0.25, 0.3) is 0 Å². The zero-order chi connectivity index (χ0) is 27.7. The Kier molecular flexibility index (Phi) is 8.58. The summed E-state index contributed by atoms with van der Waals surface area (Å²) in [6, 6.07) is 5.31. The predicted octanol–water partition coefficient (Wildman–Crippen LogP) is 5.62. The molecule has 1 aliphatic heterocycles. The summed E-state index contributed by atoms with van der Waals surface area (Å²) in [6.07, 6.45) is -9.62. The number of hydrogen-bond donors (Lipinski definition) is 1. The summed E-state index contributed by atoms with van der Waals surface area (Å²) in [5.74, 6) is -1.92. The lowest BCUT2D eigenvalue weighted by Gasteiger charge is -2.42. The largest absolute Gasteiger partial charge is 0.416 e. The molecule has 2 aromatic carbocycles. The Morgan fingerprint density at radius 2 is 1.68 bits per heavy atom. The third-order valence-corrected chi connectivity index (χ3v) is 6.92. The molecule has 1 saturated heterocycles. The Labute approximate surface area is 210 Å². The molecule has 0 aromatic heterocycles. The van der Waals surface area contributed by atoms with Crippen LogP contribution in [-0.4, -0.2) is 53.6 Å². The average molecular weight is 535 g/mol. The van der Waals surface area contributed by atoms with E-state index < -0.39 is 53.6 Å². The lowest BCUT2D eigenvalue weighted by atomic mass is 9.78. The van der Waals surface area contributed by atoms with Gasteiger partial charge in [-0.2, -0.15) is 26.3 Å². The molecular formula is C26H29F7N2O2. The Balaban J connectivity index is 1.92. The molecule has 0 saturated carbocycles. The number of likely N-dealkylation sites (tertiary alicyclic amines) is 1. The van der Waals surface area contributed by atoms with E-state index in [1.54, 1.807) is 13.0 Å². The Hall–Kier alpha value is -2.66. The van der Waals surface area contributed by atoms with Crippen LogP contribution in [0.4, 0.5) is 30.7 Å². The molecule has 1 unspecified atom stereocenters. The summed E-state index contributed by atoms with van der Waals surface area (Å²) in [7, 11) is 1.34. The van der Waals surface area contributed by atoms with Crippen molar-refractivity contribution in [2.24, 2.45) is 5.92 Å². The summed E-state index contributed by atoms with van der Waals surface area (Å²) in [4.78, 5) is 16.6. The first kappa shape index (κ1) is 28.9. The number of alkyl halides is 6. The van der Waals surface area contributed by atoms with Gasteiger partial charge >= 0.3 is 12.4 Å². The topological polar surface area (TPSA) is 43.8 Å². The molecule has 1 fully saturated rings. The smallest absolute Gasteiger partial charge is 0.395 e. The van der Waals surface area contributed by atoms with Gasteiger partial charge < -0.3 is 10.0 Å². The van der Waals surface area contributed by atoms with E-state index in [0.717, 1.165) is 10.5 Å². The van der Waals surface area contributed by atoms with Crippen molar-refractivity contribution >= 4 is 5.91 Å². The Morgan fingerprint density at radius 1 is 1.08 bits per heavy atom. The third kappa shape index (κ3) is 6.81. The first-order chi connectivity index (χ1) is 17.1. The van der Waals surface area contributed by atoms with Crippen molar-refractivity contribution < 1.29 is 40.6 Å². The molecular weight excluding hydrogens is 505 g/mol. The SMILES string of the molecule is Cc1cc(F)ccc1[C@@H]1CN(C(C)CO)CC[C@H]1C(=O)N(C)Cc1cc(C(F)(F)F)cc(C(F)(F)F)c1. The highest BCUT2D eigenvalue weighted by Crippen LogP contribution is 2.38. The number of aliphatic hydroxyl groups is 1. The van der Waals surface area contributed by atoms with E-state index in [9.17, 15) is 40.6 Å². The van der Waals surface area contributed by atoms with E-state index in [-0.39, 0.29) is 24.3 Å². The van der Waals surface area contributed by atoms with Gasteiger partial charge in [-0.15, -0.1) is 0 Å². The highest BCUT2D eigenvalue weighted by Gasteiger charge is 2.40. The summed E-state index contributed by atoms with van der Waals surface area (Å²) in [5.41, 5.74) is -1.83. The van der Waals surface area contributed by atoms with Crippen LogP contribution in [0.1, 0.15) is 47.1 Å². The molecule has 37 heavy (non-hydrogen) atoms. The number of amides is 1. The fourth-order valence-electron chi connectivity index (χ4n) is 4.90. The number of carbonyl (C=O) groups excluding carboxylic acids is 1. The van der Waals surface area contributed by atoms with Gasteiger partial charge in [0, 0.05) is 38.0 Å². The number of hydrogen-bond acceptors (Lipinski definition) is 3. The third-order valence-electron chi connectivity index (χ3n) is 6.92. The minimum absolute atomic E-state index is 0.0523. The van der Waals surface area contributed by atoms with E-state index >= 15 is 0 Å². The molecule has 0 radical (unpaired) electrons. The highest BCUT2D eigenvalue weighted by molar-refractivity contribution is 5.80. The van der Waals surface area contributed by atoms with Crippen LogP contribution in [0.15, 0.2) is 36.4 Å². The number of rotatable bonds is 6. The van der Waals surface area contributed by atoms with E-state index in [1.165, 1.54) is 19.2 Å². The van der Waals surface area contributed by atoms with Crippen molar-refractivity contribution in [3.63, 3.8) is 0 Å². The lowest BCUT2D eigenvalue weighted by molar-refractivity contribution is -0.143. The molecule has 0 aliphatic carbocycles. The zero-order valence-corrected chi connectivity index (χ0v) is 20.6. The zero-order valence-electron chi connectivity index (χ0n) is 20.6. The Morgan fingerprint density at radius 3 is 2.19 bits per heavy atom. The van der Waals surface area contributed by atoms with Crippen LogP contribution in [-0.2, 0) is 23.7 Å². The molecule has 1 amide bonds. The minimum Gasteiger partial charge on any atom is -0.395 e. The van der Waals surface area contributed by atoms with Crippen LogP contribution >= 0.6 is 0 Å². The molecule has 0 bridgehead atoms. The second-order valence-corrected chi connectivity index (χ2v) is 9.64. The summed E-state index contributed by atoms with van der Waals surface area (Å²) in [6.45, 7) is 3.82. The van der Waals surface area contributed by atoms with Gasteiger partial charge in [-0.25, -0.2) is 4.39 Å². The van der Waals surface area contributed by atoms with Gasteiger partial charge in [-0.3, -0.25) is 9.69 Å². The Bertz CT molecular complexity index is 1080. The number of aliphatic hydroxyl groups excluding tert-OH is 1. The van der Waals surface area contributed by atoms with Crippen LogP contribution in [0.3, 0.4) is 0 Å². The van der Waals surface area contributed by atoms with E-state index in [4.69, 9.17) is 0 Å². The second kappa shape index (κ2) is 11.0. The number of benzene rings is 2. The van der Waals surface area contributed by atoms with Crippen LogP contribution in [0.5, 0.6) is 0 Å². The van der Waals surface area contributed by atoms with Gasteiger partial charge in [0.2, 0.25) is 5.91 Å². The second-order valence-electron chi connectivity index (χ2n) is 9.64. The molecule has 4 nitrogen and oxygen atoms in total. The van der Waals surface area contributed by atoms with Gasteiger partial charge in [-0.1, -0.05) is 6.07 Å². The van der Waals surface area contributed by atoms with E-state index in [2.05, 4.69) is 0 Å². The van der Waals surface area contributed by atoms with Crippen molar-refractivity contribution in [1.29, 1.82) is 0 Å². The minimum atomic E-state index is -4.99. The molecule has 1 N–H and O–H groups in total. The molecule has 3 rings (SSSR count). The van der Waals surface area contributed by atoms with Crippen molar-refractivity contribution in [1.82, 2.24) is 9.80 Å². The predicted molar refractivity (Wildman–Crippen MR) is 123 cm³/mol. The lowest BCUT2D eigenvalue weighted by Crippen LogP contribution is -2.49. The van der Waals surface area contributed by atoms with Gasteiger partial charge in [0.1, 0.15) is 5.82 Å². The molecule has 2 aromatic rings. The maximum absolute atomic E-state index is 13.8. The molecule has 3 atom stereocenters. The summed E-state index contributed by atoms with van der Waals surface area (Å²) >= 11 is 0. The monoisotopic (exact) mass is 534 g/mol. The van der Waals surface area contributed by atoms with Crippen LogP contribution in [0.2, 0.25) is 0 Å². The molecule has 1 aliphatic rings. The quantitative estimate of drug-likeness (QED) is 0.490. The van der Waals surface area contributed by atoms with Crippen molar-refractivity contribution in [3.8, 4) is 0 Å². The fraction of sp³-hybridized carbons (Fsp3) is 0.500. The number of piperidine rings is 1. The van der Waals surface area contributed by atoms with Crippen LogP contribution < -0.4 is 0 Å². The maximum Gasteiger partial charge on any atom is 0.416 e. The van der Waals surface area contributed by atoms with Crippen molar-refractivity contribution in [3.05, 3.63) is 70.0 Å². The number of carbonyl (C=O) groups is 1. The molecule has 0 spiro atoms. The highest BCUT2D eigenvalue weighted by atomic mass is 19.4. The van der Waals surface area contributed by atoms with Gasteiger partial charge in [0.05, 0.1) is 17.7 Å². The fourth-order valence-corrected chi connectivity index (χ4v) is 4.90. The van der Waals surface area contributed by atoms with Gasteiger partial charge in [-0.05, 0) is 73.8 Å². The average Bonchev–Trinajstić information content (AvgIpc) is 2.81. The van der Waals surface area contributed by atoms with Crippen LogP contribution in [0, 0.1) is 18.7 Å². The van der Waals surface area contributed by atoms with Gasteiger partial charge in [0.15, 0.2) is 0 Å². The van der Waals surface area contributed by atoms with Crippen molar-refractivity contribution in [2.75, 3.05) is 26.7 Å². The van der Waals surface area contributed by atoms with E-state index in [0.29, 0.717) is 37.2 Å².